The predicted octanol–water partition coefficient (Wildman–Crippen LogP) is 2.64. The number of rotatable bonds is 4. The Morgan fingerprint density at radius 3 is 2.33 bits per heavy atom. The van der Waals surface area contributed by atoms with Gasteiger partial charge in [-0.25, -0.2) is 0 Å². The van der Waals surface area contributed by atoms with Crippen LogP contribution in [0.4, 0.5) is 0 Å². The first kappa shape index (κ1) is 12.2. The molecular weight excluding hydrogens is 220 g/mol. The highest BCUT2D eigenvalue weighted by atomic mass is 15.1. The molecule has 1 aromatic rings. The molecule has 0 unspecified atom stereocenters. The summed E-state index contributed by atoms with van der Waals surface area (Å²) in [5, 5.41) is 0. The summed E-state index contributed by atoms with van der Waals surface area (Å²) in [5.74, 6) is 0.898. The number of hydrogen-bond donors (Lipinski definition) is 1. The molecule has 1 aromatic carbocycles. The smallest absolute Gasteiger partial charge is 0.0233 e. The minimum atomic E-state index is 0.554. The van der Waals surface area contributed by atoms with E-state index in [1.54, 1.807) is 0 Å². The molecule has 0 aromatic heterocycles. The van der Waals surface area contributed by atoms with Crippen LogP contribution in [-0.4, -0.2) is 24.5 Å². The standard InChI is InChI=1S/C16H24N2/c17-13-16(8-9-16)15-6-10-18(11-7-15)12-14-4-2-1-3-5-14/h1-5,15H,6-13,17H2. The SMILES string of the molecule is NCC1(C2CCN(Cc3ccccc3)CC2)CC1. The molecule has 3 rings (SSSR count). The van der Waals surface area contributed by atoms with E-state index >= 15 is 0 Å². The van der Waals surface area contributed by atoms with Gasteiger partial charge in [-0.2, -0.15) is 0 Å². The largest absolute Gasteiger partial charge is 0.330 e. The Bertz CT molecular complexity index is 375. The maximum atomic E-state index is 5.94. The van der Waals surface area contributed by atoms with Gasteiger partial charge in [-0.1, -0.05) is 30.3 Å². The Kier molecular flexibility index (Phi) is 3.40. The molecule has 0 bridgehead atoms. The Morgan fingerprint density at radius 2 is 1.78 bits per heavy atom. The molecule has 2 fully saturated rings. The lowest BCUT2D eigenvalue weighted by Crippen LogP contribution is -2.38. The second kappa shape index (κ2) is 5.02. The summed E-state index contributed by atoms with van der Waals surface area (Å²) in [4.78, 5) is 2.60. The van der Waals surface area contributed by atoms with Crippen LogP contribution < -0.4 is 5.73 Å². The maximum Gasteiger partial charge on any atom is 0.0233 e. The average Bonchev–Trinajstić information content (AvgIpc) is 3.22. The minimum absolute atomic E-state index is 0.554. The highest BCUT2D eigenvalue weighted by molar-refractivity contribution is 5.14. The lowest BCUT2D eigenvalue weighted by Gasteiger charge is -2.36. The van der Waals surface area contributed by atoms with Gasteiger partial charge in [0.2, 0.25) is 0 Å². The second-order valence-corrected chi connectivity index (χ2v) is 6.10. The van der Waals surface area contributed by atoms with E-state index in [4.69, 9.17) is 5.73 Å². The third kappa shape index (κ3) is 2.45. The van der Waals surface area contributed by atoms with E-state index in [2.05, 4.69) is 35.2 Å². The first-order chi connectivity index (χ1) is 8.82. The summed E-state index contributed by atoms with van der Waals surface area (Å²) in [5.41, 5.74) is 7.94. The van der Waals surface area contributed by atoms with Gasteiger partial charge in [0.05, 0.1) is 0 Å². The van der Waals surface area contributed by atoms with Crippen molar-refractivity contribution in [2.45, 2.75) is 32.2 Å². The highest BCUT2D eigenvalue weighted by Crippen LogP contribution is 2.54. The van der Waals surface area contributed by atoms with Gasteiger partial charge in [-0.3, -0.25) is 4.90 Å². The summed E-state index contributed by atoms with van der Waals surface area (Å²) in [7, 11) is 0. The average molecular weight is 244 g/mol. The summed E-state index contributed by atoms with van der Waals surface area (Å²) < 4.78 is 0. The van der Waals surface area contributed by atoms with Gasteiger partial charge in [-0.15, -0.1) is 0 Å². The normalized spacial score (nSPS) is 24.1. The Labute approximate surface area is 110 Å². The van der Waals surface area contributed by atoms with Crippen molar-refractivity contribution in [3.63, 3.8) is 0 Å². The fourth-order valence-corrected chi connectivity index (χ4v) is 3.48. The van der Waals surface area contributed by atoms with E-state index in [9.17, 15) is 0 Å². The third-order valence-electron chi connectivity index (χ3n) is 5.00. The van der Waals surface area contributed by atoms with Crippen molar-refractivity contribution in [3.8, 4) is 0 Å². The first-order valence-corrected chi connectivity index (χ1v) is 7.29. The summed E-state index contributed by atoms with van der Waals surface area (Å²) >= 11 is 0. The number of hydrogen-bond acceptors (Lipinski definition) is 2. The zero-order chi connectivity index (χ0) is 12.4. The fraction of sp³-hybridized carbons (Fsp3) is 0.625. The first-order valence-electron chi connectivity index (χ1n) is 7.29. The summed E-state index contributed by atoms with van der Waals surface area (Å²) in [6.45, 7) is 4.53. The number of nitrogens with zero attached hydrogens (tertiary/aromatic N) is 1. The van der Waals surface area contributed by atoms with Crippen LogP contribution in [0.25, 0.3) is 0 Å². The Hall–Kier alpha value is -0.860. The van der Waals surface area contributed by atoms with Crippen molar-refractivity contribution >= 4 is 0 Å². The van der Waals surface area contributed by atoms with E-state index in [1.807, 2.05) is 0 Å². The van der Waals surface area contributed by atoms with Crippen molar-refractivity contribution in [3.05, 3.63) is 35.9 Å². The third-order valence-corrected chi connectivity index (χ3v) is 5.00. The quantitative estimate of drug-likeness (QED) is 0.882. The molecule has 0 spiro atoms. The van der Waals surface area contributed by atoms with Crippen molar-refractivity contribution in [1.82, 2.24) is 4.90 Å². The molecule has 1 aliphatic heterocycles. The van der Waals surface area contributed by atoms with Crippen LogP contribution in [0.1, 0.15) is 31.2 Å². The van der Waals surface area contributed by atoms with Gasteiger partial charge in [0, 0.05) is 6.54 Å². The number of piperidine rings is 1. The summed E-state index contributed by atoms with van der Waals surface area (Å²) in [6, 6.07) is 10.8. The molecule has 0 radical (unpaired) electrons. The van der Waals surface area contributed by atoms with Crippen LogP contribution in [0.2, 0.25) is 0 Å². The molecule has 98 valence electrons. The van der Waals surface area contributed by atoms with E-state index in [0.717, 1.165) is 19.0 Å². The number of nitrogens with two attached hydrogens (primary N) is 1. The number of benzene rings is 1. The molecule has 0 atom stereocenters. The van der Waals surface area contributed by atoms with Crippen LogP contribution >= 0.6 is 0 Å². The van der Waals surface area contributed by atoms with E-state index in [1.165, 1.54) is 44.3 Å². The molecule has 1 saturated heterocycles. The van der Waals surface area contributed by atoms with Crippen molar-refractivity contribution in [2.24, 2.45) is 17.1 Å². The Morgan fingerprint density at radius 1 is 1.11 bits per heavy atom. The van der Waals surface area contributed by atoms with Gasteiger partial charge in [0.1, 0.15) is 0 Å². The maximum absolute atomic E-state index is 5.94. The van der Waals surface area contributed by atoms with E-state index in [-0.39, 0.29) is 0 Å². The van der Waals surface area contributed by atoms with Crippen molar-refractivity contribution < 1.29 is 0 Å². The van der Waals surface area contributed by atoms with Gasteiger partial charge < -0.3 is 5.73 Å². The molecule has 0 amide bonds. The van der Waals surface area contributed by atoms with E-state index < -0.39 is 0 Å². The molecule has 18 heavy (non-hydrogen) atoms. The van der Waals surface area contributed by atoms with Crippen molar-refractivity contribution in [1.29, 1.82) is 0 Å². The lowest BCUT2D eigenvalue weighted by molar-refractivity contribution is 0.134. The molecule has 2 aliphatic rings. The topological polar surface area (TPSA) is 29.3 Å². The monoisotopic (exact) mass is 244 g/mol. The minimum Gasteiger partial charge on any atom is -0.330 e. The highest BCUT2D eigenvalue weighted by Gasteiger charge is 2.48. The zero-order valence-electron chi connectivity index (χ0n) is 11.1. The zero-order valence-corrected chi connectivity index (χ0v) is 11.1. The van der Waals surface area contributed by atoms with Crippen LogP contribution in [0, 0.1) is 11.3 Å². The molecular formula is C16H24N2. The van der Waals surface area contributed by atoms with E-state index in [0.29, 0.717) is 5.41 Å². The van der Waals surface area contributed by atoms with Crippen LogP contribution in [0.15, 0.2) is 30.3 Å². The molecule has 2 N–H and O–H groups in total. The second-order valence-electron chi connectivity index (χ2n) is 6.10. The Balaban J connectivity index is 1.51. The molecule has 2 nitrogen and oxygen atoms in total. The molecule has 1 aliphatic carbocycles. The summed E-state index contributed by atoms with van der Waals surface area (Å²) in [6.07, 6.45) is 5.47. The fourth-order valence-electron chi connectivity index (χ4n) is 3.48. The van der Waals surface area contributed by atoms with Gasteiger partial charge in [0.15, 0.2) is 0 Å². The van der Waals surface area contributed by atoms with Gasteiger partial charge >= 0.3 is 0 Å². The lowest BCUT2D eigenvalue weighted by atomic mass is 9.81. The molecule has 1 saturated carbocycles. The van der Waals surface area contributed by atoms with Gasteiger partial charge in [-0.05, 0) is 62.2 Å². The number of likely N-dealkylation sites (tertiary alicyclic amines) is 1. The van der Waals surface area contributed by atoms with Crippen LogP contribution in [0.5, 0.6) is 0 Å². The van der Waals surface area contributed by atoms with Crippen molar-refractivity contribution in [2.75, 3.05) is 19.6 Å². The predicted molar refractivity (Wildman–Crippen MR) is 75.2 cm³/mol. The van der Waals surface area contributed by atoms with Crippen LogP contribution in [-0.2, 0) is 6.54 Å². The van der Waals surface area contributed by atoms with Gasteiger partial charge in [0.25, 0.3) is 0 Å². The molecule has 2 heteroatoms. The molecule has 1 heterocycles. The van der Waals surface area contributed by atoms with Crippen LogP contribution in [0.3, 0.4) is 0 Å².